The average molecular weight is 401 g/mol. The fraction of sp³-hybridized carbons (Fsp3) is 0.208. The van der Waals surface area contributed by atoms with Crippen molar-refractivity contribution in [2.24, 2.45) is 0 Å². The second-order valence-corrected chi connectivity index (χ2v) is 7.11. The van der Waals surface area contributed by atoms with Crippen molar-refractivity contribution in [2.45, 2.75) is 20.8 Å². The lowest BCUT2D eigenvalue weighted by Gasteiger charge is -2.21. The van der Waals surface area contributed by atoms with Crippen LogP contribution in [0.1, 0.15) is 19.4 Å². The van der Waals surface area contributed by atoms with E-state index >= 15 is 0 Å². The summed E-state index contributed by atoms with van der Waals surface area (Å²) in [6, 6.07) is 17.8. The van der Waals surface area contributed by atoms with Crippen molar-refractivity contribution < 1.29 is 14.3 Å². The molecule has 4 rings (SSSR count). The van der Waals surface area contributed by atoms with Gasteiger partial charge in [-0.1, -0.05) is 48.5 Å². The third-order valence-electron chi connectivity index (χ3n) is 5.12. The Hall–Kier alpha value is -3.67. The van der Waals surface area contributed by atoms with Gasteiger partial charge in [0.05, 0.1) is 6.61 Å². The lowest BCUT2D eigenvalue weighted by atomic mass is 10.1. The van der Waals surface area contributed by atoms with Crippen LogP contribution in [0.3, 0.4) is 0 Å². The number of rotatable bonds is 5. The molecule has 30 heavy (non-hydrogen) atoms. The highest BCUT2D eigenvalue weighted by atomic mass is 16.5. The molecule has 0 aliphatic carbocycles. The third kappa shape index (κ3) is 3.41. The van der Waals surface area contributed by atoms with E-state index in [1.165, 1.54) is 11.8 Å². The zero-order chi connectivity index (χ0) is 21.3. The Bertz CT molecular complexity index is 1260. The first kappa shape index (κ1) is 19.6. The maximum Gasteiger partial charge on any atom is 0.326 e. The van der Waals surface area contributed by atoms with E-state index in [0.717, 1.165) is 27.5 Å². The summed E-state index contributed by atoms with van der Waals surface area (Å²) in [6.45, 7) is 5.27. The van der Waals surface area contributed by atoms with E-state index in [2.05, 4.69) is 0 Å². The molecule has 2 heterocycles. The number of carbonyl (C=O) groups excluding carboxylic acids is 2. The first-order valence-electron chi connectivity index (χ1n) is 9.90. The number of fused-ring (bicyclic) bond motifs is 3. The van der Waals surface area contributed by atoms with Gasteiger partial charge in [0.25, 0.3) is 0 Å². The Morgan fingerprint density at radius 1 is 1.07 bits per heavy atom. The predicted octanol–water partition coefficient (Wildman–Crippen LogP) is 4.38. The molecule has 2 aromatic carbocycles. The van der Waals surface area contributed by atoms with Crippen LogP contribution in [0.25, 0.3) is 27.7 Å². The highest BCUT2D eigenvalue weighted by Gasteiger charge is 2.26. The van der Waals surface area contributed by atoms with Gasteiger partial charge in [0.1, 0.15) is 23.7 Å². The standard InChI is InChI=1S/C24H23N3O3/c1-4-30-21(29)15-27(17(3)28)24-22(19-11-7-5-9-16(19)2)25-23-20-12-8-6-10-18(20)13-14-26(23)24/h5-14H,4,15H2,1-3H3. The van der Waals surface area contributed by atoms with Gasteiger partial charge in [-0.15, -0.1) is 0 Å². The highest BCUT2D eigenvalue weighted by molar-refractivity contribution is 6.02. The molecule has 0 aliphatic heterocycles. The van der Waals surface area contributed by atoms with Crippen LogP contribution in [0.15, 0.2) is 60.8 Å². The molecule has 152 valence electrons. The maximum atomic E-state index is 12.6. The van der Waals surface area contributed by atoms with E-state index in [-0.39, 0.29) is 19.1 Å². The number of pyridine rings is 1. The van der Waals surface area contributed by atoms with Gasteiger partial charge in [-0.2, -0.15) is 0 Å². The zero-order valence-electron chi connectivity index (χ0n) is 17.3. The highest BCUT2D eigenvalue weighted by Crippen LogP contribution is 2.35. The molecular formula is C24H23N3O3. The summed E-state index contributed by atoms with van der Waals surface area (Å²) in [5, 5.41) is 2.03. The molecule has 2 aromatic heterocycles. The Balaban J connectivity index is 2.03. The van der Waals surface area contributed by atoms with Crippen LogP contribution in [0, 0.1) is 6.92 Å². The van der Waals surface area contributed by atoms with Crippen molar-refractivity contribution >= 4 is 34.1 Å². The molecular weight excluding hydrogens is 378 g/mol. The number of hydrogen-bond donors (Lipinski definition) is 0. The van der Waals surface area contributed by atoms with Crippen LogP contribution < -0.4 is 4.90 Å². The molecule has 4 aromatic rings. The van der Waals surface area contributed by atoms with E-state index < -0.39 is 5.97 Å². The summed E-state index contributed by atoms with van der Waals surface area (Å²) in [4.78, 5) is 31.3. The van der Waals surface area contributed by atoms with E-state index in [1.807, 2.05) is 72.1 Å². The number of aryl methyl sites for hydroxylation is 1. The molecule has 0 saturated carbocycles. The minimum atomic E-state index is -0.459. The second kappa shape index (κ2) is 7.99. The molecule has 0 radical (unpaired) electrons. The third-order valence-corrected chi connectivity index (χ3v) is 5.12. The monoisotopic (exact) mass is 401 g/mol. The number of ether oxygens (including phenoxy) is 1. The molecule has 6 heteroatoms. The van der Waals surface area contributed by atoms with Crippen LogP contribution in [0.5, 0.6) is 0 Å². The molecule has 0 fully saturated rings. The van der Waals surface area contributed by atoms with E-state index in [9.17, 15) is 9.59 Å². The maximum absolute atomic E-state index is 12.6. The number of imidazole rings is 1. The lowest BCUT2D eigenvalue weighted by Crippen LogP contribution is -2.36. The minimum absolute atomic E-state index is 0.178. The van der Waals surface area contributed by atoms with Crippen LogP contribution in [-0.2, 0) is 14.3 Å². The van der Waals surface area contributed by atoms with E-state index in [4.69, 9.17) is 9.72 Å². The molecule has 0 bridgehead atoms. The molecule has 0 atom stereocenters. The van der Waals surface area contributed by atoms with Gasteiger partial charge in [0.2, 0.25) is 5.91 Å². The van der Waals surface area contributed by atoms with E-state index in [1.54, 1.807) is 6.92 Å². The number of amides is 1. The van der Waals surface area contributed by atoms with Crippen molar-refractivity contribution in [3.05, 3.63) is 66.4 Å². The van der Waals surface area contributed by atoms with Gasteiger partial charge in [-0.25, -0.2) is 4.98 Å². The normalized spacial score (nSPS) is 11.0. The molecule has 0 spiro atoms. The molecule has 0 aliphatic rings. The van der Waals surface area contributed by atoms with Crippen LogP contribution in [0.2, 0.25) is 0 Å². The average Bonchev–Trinajstić information content (AvgIpc) is 3.12. The summed E-state index contributed by atoms with van der Waals surface area (Å²) in [7, 11) is 0. The van der Waals surface area contributed by atoms with Gasteiger partial charge in [-0.3, -0.25) is 18.9 Å². The number of aromatic nitrogens is 2. The second-order valence-electron chi connectivity index (χ2n) is 7.11. The molecule has 1 amide bonds. The van der Waals surface area contributed by atoms with E-state index in [0.29, 0.717) is 11.5 Å². The first-order chi connectivity index (χ1) is 14.5. The molecule has 0 unspecified atom stereocenters. The van der Waals surface area contributed by atoms with Gasteiger partial charge >= 0.3 is 5.97 Å². The SMILES string of the molecule is CCOC(=O)CN(C(C)=O)c1c(-c2ccccc2C)nc2c3ccccc3ccn12. The predicted molar refractivity (Wildman–Crippen MR) is 118 cm³/mol. The Kier molecular flexibility index (Phi) is 5.23. The Labute approximate surface area is 174 Å². The van der Waals surface area contributed by atoms with Crippen molar-refractivity contribution in [3.63, 3.8) is 0 Å². The molecule has 0 saturated heterocycles. The zero-order valence-corrected chi connectivity index (χ0v) is 17.3. The minimum Gasteiger partial charge on any atom is -0.465 e. The smallest absolute Gasteiger partial charge is 0.326 e. The van der Waals surface area contributed by atoms with Crippen LogP contribution in [0.4, 0.5) is 5.82 Å². The van der Waals surface area contributed by atoms with Gasteiger partial charge in [0, 0.05) is 24.1 Å². The van der Waals surface area contributed by atoms with Crippen molar-refractivity contribution in [1.29, 1.82) is 0 Å². The van der Waals surface area contributed by atoms with Crippen LogP contribution >= 0.6 is 0 Å². The number of benzene rings is 2. The van der Waals surface area contributed by atoms with Gasteiger partial charge in [0.15, 0.2) is 0 Å². The number of nitrogens with zero attached hydrogens (tertiary/aromatic N) is 3. The van der Waals surface area contributed by atoms with Crippen molar-refractivity contribution in [2.75, 3.05) is 18.1 Å². The topological polar surface area (TPSA) is 63.9 Å². The summed E-state index contributed by atoms with van der Waals surface area (Å²) in [6.07, 6.45) is 1.89. The Morgan fingerprint density at radius 2 is 1.80 bits per heavy atom. The first-order valence-corrected chi connectivity index (χ1v) is 9.90. The lowest BCUT2D eigenvalue weighted by molar-refractivity contribution is -0.142. The summed E-state index contributed by atoms with van der Waals surface area (Å²) >= 11 is 0. The summed E-state index contributed by atoms with van der Waals surface area (Å²) < 4.78 is 6.99. The van der Waals surface area contributed by atoms with Gasteiger partial charge in [-0.05, 0) is 30.9 Å². The summed E-state index contributed by atoms with van der Waals surface area (Å²) in [5.41, 5.74) is 3.34. The van der Waals surface area contributed by atoms with Crippen LogP contribution in [-0.4, -0.2) is 34.4 Å². The fourth-order valence-electron chi connectivity index (χ4n) is 3.70. The molecule has 0 N–H and O–H groups in total. The number of anilines is 1. The molecule has 6 nitrogen and oxygen atoms in total. The largest absolute Gasteiger partial charge is 0.465 e. The van der Waals surface area contributed by atoms with Gasteiger partial charge < -0.3 is 4.74 Å². The van der Waals surface area contributed by atoms with Crippen molar-refractivity contribution in [3.8, 4) is 11.3 Å². The number of esters is 1. The Morgan fingerprint density at radius 3 is 2.53 bits per heavy atom. The summed E-state index contributed by atoms with van der Waals surface area (Å²) in [5.74, 6) is -0.155. The number of carbonyl (C=O) groups is 2. The number of hydrogen-bond acceptors (Lipinski definition) is 4. The fourth-order valence-corrected chi connectivity index (χ4v) is 3.70. The van der Waals surface area contributed by atoms with Crippen molar-refractivity contribution in [1.82, 2.24) is 9.38 Å². The quantitative estimate of drug-likeness (QED) is 0.466.